The first-order valence-electron chi connectivity index (χ1n) is 8.20. The van der Waals surface area contributed by atoms with Gasteiger partial charge in [0, 0.05) is 6.54 Å². The van der Waals surface area contributed by atoms with Gasteiger partial charge in [-0.15, -0.1) is 0 Å². The van der Waals surface area contributed by atoms with Gasteiger partial charge in [0.1, 0.15) is 12.2 Å². The molecule has 2 amide bonds. The molecule has 0 spiro atoms. The van der Waals surface area contributed by atoms with Crippen LogP contribution in [-0.2, 0) is 25.6 Å². The van der Waals surface area contributed by atoms with Crippen molar-refractivity contribution in [2.75, 3.05) is 13.7 Å². The molecule has 8 heteroatoms. The minimum absolute atomic E-state index is 0.00947. The van der Waals surface area contributed by atoms with Crippen LogP contribution in [0.3, 0.4) is 0 Å². The molecule has 1 unspecified atom stereocenters. The number of hydrogen-bond donors (Lipinski definition) is 2. The predicted molar refractivity (Wildman–Crippen MR) is 94.4 cm³/mol. The monoisotopic (exact) mass is 366 g/mol. The van der Waals surface area contributed by atoms with Crippen molar-refractivity contribution in [3.05, 3.63) is 35.9 Å². The Kier molecular flexibility index (Phi) is 8.41. The Bertz CT molecular complexity index is 597. The van der Waals surface area contributed by atoms with Gasteiger partial charge in [-0.1, -0.05) is 30.3 Å². The summed E-state index contributed by atoms with van der Waals surface area (Å²) in [7, 11) is 1.24. The normalized spacial score (nSPS) is 11.8. The van der Waals surface area contributed by atoms with Gasteiger partial charge >= 0.3 is 18.2 Å². The summed E-state index contributed by atoms with van der Waals surface area (Å²) in [6, 6.07) is 8.48. The summed E-state index contributed by atoms with van der Waals surface area (Å²) in [4.78, 5) is 35.2. The molecule has 0 saturated heterocycles. The minimum atomic E-state index is -0.700. The van der Waals surface area contributed by atoms with Gasteiger partial charge < -0.3 is 24.8 Å². The van der Waals surface area contributed by atoms with Crippen molar-refractivity contribution in [1.82, 2.24) is 10.6 Å². The number of ether oxygens (including phenoxy) is 3. The van der Waals surface area contributed by atoms with E-state index in [4.69, 9.17) is 9.47 Å². The van der Waals surface area contributed by atoms with Crippen LogP contribution in [0.25, 0.3) is 0 Å². The van der Waals surface area contributed by atoms with Gasteiger partial charge in [-0.05, 0) is 26.3 Å². The Morgan fingerprint density at radius 3 is 2.31 bits per heavy atom. The van der Waals surface area contributed by atoms with Crippen LogP contribution >= 0.6 is 0 Å². The molecule has 0 radical (unpaired) electrons. The van der Waals surface area contributed by atoms with Crippen LogP contribution in [0.1, 0.15) is 32.8 Å². The number of hydrogen-bond acceptors (Lipinski definition) is 6. The van der Waals surface area contributed by atoms with Crippen molar-refractivity contribution in [1.29, 1.82) is 0 Å². The molecule has 1 atom stereocenters. The van der Waals surface area contributed by atoms with Crippen molar-refractivity contribution in [2.45, 2.75) is 45.4 Å². The quantitative estimate of drug-likeness (QED) is 0.567. The number of amides is 2. The highest BCUT2D eigenvalue weighted by Gasteiger charge is 2.21. The highest BCUT2D eigenvalue weighted by atomic mass is 16.6. The fourth-order valence-corrected chi connectivity index (χ4v) is 1.91. The zero-order chi connectivity index (χ0) is 19.6. The number of nitrogens with one attached hydrogen (secondary N) is 2. The zero-order valence-corrected chi connectivity index (χ0v) is 15.5. The first kappa shape index (κ1) is 21.3. The number of methoxy groups -OCH3 is 1. The van der Waals surface area contributed by atoms with Crippen LogP contribution in [0.2, 0.25) is 0 Å². The minimum Gasteiger partial charge on any atom is -0.469 e. The van der Waals surface area contributed by atoms with E-state index in [0.29, 0.717) is 0 Å². The number of rotatable bonds is 7. The maximum atomic E-state index is 11.9. The summed E-state index contributed by atoms with van der Waals surface area (Å²) in [5, 5.41) is 5.05. The Balaban J connectivity index is 2.52. The SMILES string of the molecule is COC(=O)CC(CNC(=O)OC(C)(C)C)NC(=O)OCc1ccccc1. The summed E-state index contributed by atoms with van der Waals surface area (Å²) in [5.41, 5.74) is 0.184. The lowest BCUT2D eigenvalue weighted by molar-refractivity contribution is -0.141. The summed E-state index contributed by atoms with van der Waals surface area (Å²) in [5.74, 6) is -0.524. The van der Waals surface area contributed by atoms with Crippen LogP contribution in [0.4, 0.5) is 9.59 Å². The molecule has 0 bridgehead atoms. The van der Waals surface area contributed by atoms with E-state index in [-0.39, 0.29) is 19.6 Å². The summed E-state index contributed by atoms with van der Waals surface area (Å²) in [6.45, 7) is 5.29. The molecular weight excluding hydrogens is 340 g/mol. The molecular formula is C18H26N2O6. The highest BCUT2D eigenvalue weighted by Crippen LogP contribution is 2.06. The van der Waals surface area contributed by atoms with Crippen molar-refractivity contribution in [3.8, 4) is 0 Å². The first-order valence-corrected chi connectivity index (χ1v) is 8.20. The maximum Gasteiger partial charge on any atom is 0.407 e. The number of carbonyl (C=O) groups is 3. The molecule has 0 aliphatic rings. The molecule has 0 aliphatic heterocycles. The second kappa shape index (κ2) is 10.3. The topological polar surface area (TPSA) is 103 Å². The average molecular weight is 366 g/mol. The van der Waals surface area contributed by atoms with E-state index in [1.54, 1.807) is 20.8 Å². The van der Waals surface area contributed by atoms with Crippen molar-refractivity contribution < 1.29 is 28.6 Å². The number of carbonyl (C=O) groups excluding carboxylic acids is 3. The van der Waals surface area contributed by atoms with Gasteiger partial charge in [0.2, 0.25) is 0 Å². The molecule has 2 N–H and O–H groups in total. The lowest BCUT2D eigenvalue weighted by Gasteiger charge is -2.22. The van der Waals surface area contributed by atoms with E-state index < -0.39 is 29.8 Å². The molecule has 26 heavy (non-hydrogen) atoms. The van der Waals surface area contributed by atoms with Gasteiger partial charge in [0.15, 0.2) is 0 Å². The Hall–Kier alpha value is -2.77. The van der Waals surface area contributed by atoms with Crippen molar-refractivity contribution >= 4 is 18.2 Å². The van der Waals surface area contributed by atoms with Gasteiger partial charge in [-0.3, -0.25) is 4.79 Å². The first-order chi connectivity index (χ1) is 12.2. The molecule has 1 rings (SSSR count). The van der Waals surface area contributed by atoms with E-state index in [0.717, 1.165) is 5.56 Å². The van der Waals surface area contributed by atoms with Gasteiger partial charge in [0.25, 0.3) is 0 Å². The standard InChI is InChI=1S/C18H26N2O6/c1-18(2,3)26-16(22)19-11-14(10-15(21)24-4)20-17(23)25-12-13-8-6-5-7-9-13/h5-9,14H,10-12H2,1-4H3,(H,19,22)(H,20,23). The van der Waals surface area contributed by atoms with E-state index in [2.05, 4.69) is 15.4 Å². The average Bonchev–Trinajstić information content (AvgIpc) is 2.57. The number of esters is 1. The largest absolute Gasteiger partial charge is 0.469 e. The summed E-state index contributed by atoms with van der Waals surface area (Å²) in [6.07, 6.45) is -1.47. The lowest BCUT2D eigenvalue weighted by Crippen LogP contribution is -2.46. The highest BCUT2D eigenvalue weighted by molar-refractivity contribution is 5.73. The summed E-state index contributed by atoms with van der Waals surface area (Å²) < 4.78 is 14.8. The molecule has 0 saturated carbocycles. The zero-order valence-electron chi connectivity index (χ0n) is 15.5. The molecule has 0 heterocycles. The fourth-order valence-electron chi connectivity index (χ4n) is 1.91. The summed E-state index contributed by atoms with van der Waals surface area (Å²) >= 11 is 0. The third-order valence-corrected chi connectivity index (χ3v) is 3.07. The van der Waals surface area contributed by atoms with Crippen LogP contribution < -0.4 is 10.6 Å². The molecule has 1 aromatic rings. The molecule has 0 fully saturated rings. The second-order valence-corrected chi connectivity index (χ2v) is 6.57. The number of alkyl carbamates (subject to hydrolysis) is 2. The predicted octanol–water partition coefficient (Wildman–Crippen LogP) is 2.37. The van der Waals surface area contributed by atoms with Crippen LogP contribution in [-0.4, -0.2) is 43.5 Å². The second-order valence-electron chi connectivity index (χ2n) is 6.57. The Morgan fingerprint density at radius 1 is 1.08 bits per heavy atom. The van der Waals surface area contributed by atoms with Crippen LogP contribution in [0, 0.1) is 0 Å². The van der Waals surface area contributed by atoms with Crippen molar-refractivity contribution in [3.63, 3.8) is 0 Å². The lowest BCUT2D eigenvalue weighted by atomic mass is 10.2. The molecule has 0 aliphatic carbocycles. The van der Waals surface area contributed by atoms with Crippen LogP contribution in [0.15, 0.2) is 30.3 Å². The van der Waals surface area contributed by atoms with E-state index in [9.17, 15) is 14.4 Å². The van der Waals surface area contributed by atoms with Gasteiger partial charge in [0.05, 0.1) is 19.6 Å². The molecule has 144 valence electrons. The molecule has 8 nitrogen and oxygen atoms in total. The maximum absolute atomic E-state index is 11.9. The molecule has 1 aromatic carbocycles. The van der Waals surface area contributed by atoms with Gasteiger partial charge in [-0.2, -0.15) is 0 Å². The number of benzene rings is 1. The van der Waals surface area contributed by atoms with E-state index in [1.165, 1.54) is 7.11 Å². The smallest absolute Gasteiger partial charge is 0.407 e. The Labute approximate surface area is 153 Å². The fraction of sp³-hybridized carbons (Fsp3) is 0.500. The van der Waals surface area contributed by atoms with E-state index >= 15 is 0 Å². The molecule has 0 aromatic heterocycles. The third-order valence-electron chi connectivity index (χ3n) is 3.07. The van der Waals surface area contributed by atoms with Crippen LogP contribution in [0.5, 0.6) is 0 Å². The van der Waals surface area contributed by atoms with E-state index in [1.807, 2.05) is 30.3 Å². The Morgan fingerprint density at radius 2 is 1.73 bits per heavy atom. The van der Waals surface area contributed by atoms with Gasteiger partial charge in [-0.25, -0.2) is 9.59 Å². The third kappa shape index (κ3) is 9.51. The van der Waals surface area contributed by atoms with Crippen molar-refractivity contribution in [2.24, 2.45) is 0 Å².